The Morgan fingerprint density at radius 3 is 2.84 bits per heavy atom. The SMILES string of the molecule is CCC(CN)NCc1cccc2c1C(=O)N(C1CCC(=O)NC1=O)C2. The van der Waals surface area contributed by atoms with Gasteiger partial charge in [-0.1, -0.05) is 25.1 Å². The third-order valence-electron chi connectivity index (χ3n) is 5.00. The Hall–Kier alpha value is -2.25. The molecule has 0 spiro atoms. The predicted octanol–water partition coefficient (Wildman–Crippen LogP) is 0.275. The van der Waals surface area contributed by atoms with Crippen molar-refractivity contribution in [2.24, 2.45) is 5.73 Å². The number of fused-ring (bicyclic) bond motifs is 1. The number of nitrogens with two attached hydrogens (primary N) is 1. The Kier molecular flexibility index (Phi) is 5.15. The van der Waals surface area contributed by atoms with Crippen LogP contribution in [0.2, 0.25) is 0 Å². The highest BCUT2D eigenvalue weighted by atomic mass is 16.2. The van der Waals surface area contributed by atoms with Crippen LogP contribution in [0.15, 0.2) is 18.2 Å². The minimum atomic E-state index is -0.578. The van der Waals surface area contributed by atoms with E-state index in [0.29, 0.717) is 31.6 Å². The highest BCUT2D eigenvalue weighted by molar-refractivity contribution is 6.05. The van der Waals surface area contributed by atoms with Crippen molar-refractivity contribution < 1.29 is 14.4 Å². The molecule has 0 bridgehead atoms. The van der Waals surface area contributed by atoms with Crippen LogP contribution in [0.1, 0.15) is 47.7 Å². The molecule has 7 nitrogen and oxygen atoms in total. The fourth-order valence-electron chi connectivity index (χ4n) is 3.49. The van der Waals surface area contributed by atoms with Crippen LogP contribution in [0.4, 0.5) is 0 Å². The van der Waals surface area contributed by atoms with E-state index >= 15 is 0 Å². The van der Waals surface area contributed by atoms with Crippen LogP contribution in [-0.2, 0) is 22.7 Å². The number of benzene rings is 1. The molecular formula is C18H24N4O3. The van der Waals surface area contributed by atoms with Gasteiger partial charge in [-0.2, -0.15) is 0 Å². The van der Waals surface area contributed by atoms with Crippen molar-refractivity contribution in [2.75, 3.05) is 6.54 Å². The lowest BCUT2D eigenvalue weighted by Crippen LogP contribution is -2.52. The minimum absolute atomic E-state index is 0.136. The summed E-state index contributed by atoms with van der Waals surface area (Å²) in [5.74, 6) is -0.795. The highest BCUT2D eigenvalue weighted by Gasteiger charge is 2.39. The number of rotatable bonds is 6. The second-order valence-corrected chi connectivity index (χ2v) is 6.57. The van der Waals surface area contributed by atoms with E-state index in [-0.39, 0.29) is 30.2 Å². The van der Waals surface area contributed by atoms with Crippen molar-refractivity contribution in [2.45, 2.75) is 51.4 Å². The van der Waals surface area contributed by atoms with E-state index in [1.54, 1.807) is 4.90 Å². The molecule has 0 aromatic heterocycles. The standard InChI is InChI=1S/C18H24N4O3/c1-2-13(8-19)20-9-11-4-3-5-12-10-22(18(25)16(11)12)14-6-7-15(23)21-17(14)24/h3-5,13-14,20H,2,6-10,19H2,1H3,(H,21,23,24). The first-order valence-corrected chi connectivity index (χ1v) is 8.74. The van der Waals surface area contributed by atoms with Crippen LogP contribution in [-0.4, -0.2) is 41.2 Å². The molecular weight excluding hydrogens is 320 g/mol. The van der Waals surface area contributed by atoms with Gasteiger partial charge in [-0.25, -0.2) is 0 Å². The van der Waals surface area contributed by atoms with Crippen LogP contribution in [0.5, 0.6) is 0 Å². The van der Waals surface area contributed by atoms with Crippen molar-refractivity contribution in [1.29, 1.82) is 0 Å². The fraction of sp³-hybridized carbons (Fsp3) is 0.500. The lowest BCUT2D eigenvalue weighted by molar-refractivity contribution is -0.136. The van der Waals surface area contributed by atoms with Gasteiger partial charge in [0.15, 0.2) is 0 Å². The van der Waals surface area contributed by atoms with Crippen molar-refractivity contribution in [3.05, 3.63) is 34.9 Å². The number of hydrogen-bond acceptors (Lipinski definition) is 5. The Morgan fingerprint density at radius 1 is 1.36 bits per heavy atom. The summed E-state index contributed by atoms with van der Waals surface area (Å²) in [5, 5.41) is 5.70. The monoisotopic (exact) mass is 344 g/mol. The number of imide groups is 1. The number of carbonyl (C=O) groups is 3. The summed E-state index contributed by atoms with van der Waals surface area (Å²) in [4.78, 5) is 38.0. The summed E-state index contributed by atoms with van der Waals surface area (Å²) in [5.41, 5.74) is 8.24. The molecule has 4 N–H and O–H groups in total. The molecule has 2 atom stereocenters. The van der Waals surface area contributed by atoms with Crippen molar-refractivity contribution in [3.8, 4) is 0 Å². The normalized spacial score (nSPS) is 21.3. The summed E-state index contributed by atoms with van der Waals surface area (Å²) in [6, 6.07) is 5.41. The number of hydrogen-bond donors (Lipinski definition) is 3. The van der Waals surface area contributed by atoms with E-state index in [1.165, 1.54) is 0 Å². The summed E-state index contributed by atoms with van der Waals surface area (Å²) < 4.78 is 0. The van der Waals surface area contributed by atoms with Gasteiger partial charge in [-0.15, -0.1) is 0 Å². The molecule has 1 aromatic carbocycles. The molecule has 3 rings (SSSR count). The van der Waals surface area contributed by atoms with Crippen molar-refractivity contribution in [3.63, 3.8) is 0 Å². The lowest BCUT2D eigenvalue weighted by atomic mass is 10.0. The predicted molar refractivity (Wildman–Crippen MR) is 92.5 cm³/mol. The average molecular weight is 344 g/mol. The van der Waals surface area contributed by atoms with Crippen molar-refractivity contribution >= 4 is 17.7 Å². The van der Waals surface area contributed by atoms with E-state index in [9.17, 15) is 14.4 Å². The van der Waals surface area contributed by atoms with Gasteiger partial charge < -0.3 is 16.0 Å². The quantitative estimate of drug-likeness (QED) is 0.643. The summed E-state index contributed by atoms with van der Waals surface area (Å²) in [6.45, 7) is 3.58. The number of carbonyl (C=O) groups excluding carboxylic acids is 3. The van der Waals surface area contributed by atoms with Crippen LogP contribution in [0, 0.1) is 0 Å². The molecule has 3 amide bonds. The number of amides is 3. The molecule has 0 saturated carbocycles. The van der Waals surface area contributed by atoms with Gasteiger partial charge in [-0.05, 0) is 24.0 Å². The second-order valence-electron chi connectivity index (χ2n) is 6.57. The van der Waals surface area contributed by atoms with E-state index < -0.39 is 6.04 Å². The van der Waals surface area contributed by atoms with Crippen LogP contribution in [0.25, 0.3) is 0 Å². The molecule has 0 aliphatic carbocycles. The topological polar surface area (TPSA) is 105 Å². The van der Waals surface area contributed by atoms with E-state index in [2.05, 4.69) is 17.6 Å². The molecule has 1 saturated heterocycles. The molecule has 25 heavy (non-hydrogen) atoms. The first kappa shape index (κ1) is 17.6. The third-order valence-corrected chi connectivity index (χ3v) is 5.00. The molecule has 2 unspecified atom stereocenters. The molecule has 7 heteroatoms. The first-order valence-electron chi connectivity index (χ1n) is 8.74. The molecule has 134 valence electrons. The maximum Gasteiger partial charge on any atom is 0.255 e. The molecule has 2 heterocycles. The Bertz CT molecular complexity index is 700. The van der Waals surface area contributed by atoms with E-state index in [4.69, 9.17) is 5.73 Å². The van der Waals surface area contributed by atoms with Crippen LogP contribution < -0.4 is 16.4 Å². The maximum atomic E-state index is 12.9. The molecule has 2 aliphatic heterocycles. The number of nitrogens with one attached hydrogen (secondary N) is 2. The molecule has 1 fully saturated rings. The van der Waals surface area contributed by atoms with Gasteiger partial charge >= 0.3 is 0 Å². The smallest absolute Gasteiger partial charge is 0.255 e. The van der Waals surface area contributed by atoms with E-state index in [0.717, 1.165) is 17.5 Å². The average Bonchev–Trinajstić information content (AvgIpc) is 2.93. The zero-order valence-corrected chi connectivity index (χ0v) is 14.4. The summed E-state index contributed by atoms with van der Waals surface area (Å²) in [6.07, 6.45) is 1.56. The Morgan fingerprint density at radius 2 is 2.16 bits per heavy atom. The number of nitrogens with zero attached hydrogens (tertiary/aromatic N) is 1. The maximum absolute atomic E-state index is 12.9. The Labute approximate surface area is 146 Å². The van der Waals surface area contributed by atoms with Crippen molar-refractivity contribution in [1.82, 2.24) is 15.5 Å². The summed E-state index contributed by atoms with van der Waals surface area (Å²) in [7, 11) is 0. The van der Waals surface area contributed by atoms with Gasteiger partial charge in [0.25, 0.3) is 5.91 Å². The first-order chi connectivity index (χ1) is 12.0. The lowest BCUT2D eigenvalue weighted by Gasteiger charge is -2.29. The fourth-order valence-corrected chi connectivity index (χ4v) is 3.49. The molecule has 0 radical (unpaired) electrons. The third kappa shape index (κ3) is 3.43. The minimum Gasteiger partial charge on any atom is -0.329 e. The van der Waals surface area contributed by atoms with Gasteiger partial charge in [-0.3, -0.25) is 19.7 Å². The van der Waals surface area contributed by atoms with Crippen LogP contribution >= 0.6 is 0 Å². The van der Waals surface area contributed by atoms with Gasteiger partial charge in [0.1, 0.15) is 6.04 Å². The second kappa shape index (κ2) is 7.33. The van der Waals surface area contributed by atoms with Crippen LogP contribution in [0.3, 0.4) is 0 Å². The van der Waals surface area contributed by atoms with E-state index in [1.807, 2.05) is 18.2 Å². The largest absolute Gasteiger partial charge is 0.329 e. The zero-order valence-electron chi connectivity index (χ0n) is 14.4. The zero-order chi connectivity index (χ0) is 18.0. The molecule has 1 aromatic rings. The van der Waals surface area contributed by atoms with Gasteiger partial charge in [0.2, 0.25) is 11.8 Å². The summed E-state index contributed by atoms with van der Waals surface area (Å²) >= 11 is 0. The highest BCUT2D eigenvalue weighted by Crippen LogP contribution is 2.29. The van der Waals surface area contributed by atoms with Gasteiger partial charge in [0.05, 0.1) is 0 Å². The Balaban J connectivity index is 1.78. The molecule has 2 aliphatic rings. The number of piperidine rings is 1. The van der Waals surface area contributed by atoms with Gasteiger partial charge in [0, 0.05) is 37.7 Å².